The van der Waals surface area contributed by atoms with E-state index in [4.69, 9.17) is 9.72 Å². The number of carbonyl (C=O) groups excluding carboxylic acids is 1. The van der Waals surface area contributed by atoms with Crippen molar-refractivity contribution in [2.75, 3.05) is 39.9 Å². The van der Waals surface area contributed by atoms with Gasteiger partial charge in [0.1, 0.15) is 6.10 Å². The molecule has 3 aromatic rings. The lowest BCUT2D eigenvalue weighted by molar-refractivity contribution is -0.0352. The summed E-state index contributed by atoms with van der Waals surface area (Å²) in [5.74, 6) is -0.134. The number of fused-ring (bicyclic) bond motifs is 1. The number of carbonyl (C=O) groups is 1. The molecule has 1 fully saturated rings. The van der Waals surface area contributed by atoms with Gasteiger partial charge in [0.25, 0.3) is 5.91 Å². The van der Waals surface area contributed by atoms with Crippen molar-refractivity contribution in [3.05, 3.63) is 71.7 Å². The van der Waals surface area contributed by atoms with Crippen molar-refractivity contribution in [3.63, 3.8) is 0 Å². The number of hydrogen-bond donors (Lipinski definition) is 1. The highest BCUT2D eigenvalue weighted by Gasteiger charge is 2.26. The van der Waals surface area contributed by atoms with Crippen LogP contribution in [0.25, 0.3) is 10.9 Å². The van der Waals surface area contributed by atoms with E-state index >= 15 is 0 Å². The van der Waals surface area contributed by atoms with Gasteiger partial charge in [0, 0.05) is 44.8 Å². The lowest BCUT2D eigenvalue weighted by Gasteiger charge is -2.32. The lowest BCUT2D eigenvalue weighted by Crippen LogP contribution is -2.38. The minimum Gasteiger partial charge on any atom is -0.395 e. The van der Waals surface area contributed by atoms with E-state index in [0.29, 0.717) is 18.7 Å². The summed E-state index contributed by atoms with van der Waals surface area (Å²) < 4.78 is 6.03. The smallest absolute Gasteiger partial charge is 0.254 e. The molecule has 3 heterocycles. The van der Waals surface area contributed by atoms with Crippen molar-refractivity contribution in [3.8, 4) is 0 Å². The van der Waals surface area contributed by atoms with Crippen molar-refractivity contribution < 1.29 is 14.6 Å². The van der Waals surface area contributed by atoms with Gasteiger partial charge in [-0.2, -0.15) is 0 Å². The van der Waals surface area contributed by atoms with Gasteiger partial charge < -0.3 is 14.7 Å². The van der Waals surface area contributed by atoms with Crippen LogP contribution in [0.5, 0.6) is 0 Å². The summed E-state index contributed by atoms with van der Waals surface area (Å²) in [6, 6.07) is 15.4. The molecule has 0 radical (unpaired) electrons. The fourth-order valence-electron chi connectivity index (χ4n) is 3.74. The van der Waals surface area contributed by atoms with E-state index < -0.39 is 0 Å². The Morgan fingerprint density at radius 1 is 1.27 bits per heavy atom. The molecular weight excluding hydrogens is 380 g/mol. The van der Waals surface area contributed by atoms with E-state index in [0.717, 1.165) is 35.4 Å². The summed E-state index contributed by atoms with van der Waals surface area (Å²) in [5.41, 5.74) is 3.12. The predicted octanol–water partition coefficient (Wildman–Crippen LogP) is 2.27. The molecule has 0 unspecified atom stereocenters. The molecule has 156 valence electrons. The number of likely N-dealkylation sites (N-methyl/N-ethyl adjacent to an activating group) is 1. The molecule has 1 aliphatic rings. The number of benzene rings is 1. The Balaban J connectivity index is 1.62. The number of para-hydroxylation sites is 1. The summed E-state index contributed by atoms with van der Waals surface area (Å²) in [6.07, 6.45) is 1.58. The first-order valence-electron chi connectivity index (χ1n) is 10.2. The second-order valence-corrected chi connectivity index (χ2v) is 7.48. The highest BCUT2D eigenvalue weighted by molar-refractivity contribution is 6.06. The van der Waals surface area contributed by atoms with Crippen molar-refractivity contribution >= 4 is 16.8 Å². The topological polar surface area (TPSA) is 78.8 Å². The van der Waals surface area contributed by atoms with E-state index in [9.17, 15) is 9.90 Å². The minimum atomic E-state index is -0.221. The maximum Gasteiger partial charge on any atom is 0.254 e. The number of pyridine rings is 2. The van der Waals surface area contributed by atoms with Crippen molar-refractivity contribution in [2.45, 2.75) is 12.6 Å². The number of hydrogen-bond acceptors (Lipinski definition) is 6. The van der Waals surface area contributed by atoms with E-state index in [2.05, 4.69) is 9.88 Å². The van der Waals surface area contributed by atoms with Gasteiger partial charge in [0.15, 0.2) is 0 Å². The maximum absolute atomic E-state index is 13.0. The normalized spacial score (nSPS) is 17.2. The summed E-state index contributed by atoms with van der Waals surface area (Å²) in [5, 5.41) is 10.0. The number of aromatic nitrogens is 2. The molecule has 1 saturated heterocycles. The third kappa shape index (κ3) is 4.48. The minimum absolute atomic E-state index is 0.0771. The highest BCUT2D eigenvalue weighted by Crippen LogP contribution is 2.27. The molecule has 1 atom stereocenters. The Bertz CT molecular complexity index is 1010. The molecule has 0 saturated carbocycles. The molecule has 0 aliphatic carbocycles. The van der Waals surface area contributed by atoms with Crippen LogP contribution in [0, 0.1) is 0 Å². The Morgan fingerprint density at radius 2 is 2.10 bits per heavy atom. The molecule has 4 rings (SSSR count). The zero-order valence-electron chi connectivity index (χ0n) is 17.1. The molecule has 1 aromatic carbocycles. The molecule has 2 aromatic heterocycles. The van der Waals surface area contributed by atoms with Gasteiger partial charge in [0.2, 0.25) is 0 Å². The number of rotatable bonds is 6. The van der Waals surface area contributed by atoms with Crippen LogP contribution in [0.2, 0.25) is 0 Å². The zero-order valence-corrected chi connectivity index (χ0v) is 17.1. The molecule has 1 N–H and O–H groups in total. The predicted molar refractivity (Wildman–Crippen MR) is 114 cm³/mol. The largest absolute Gasteiger partial charge is 0.395 e. The number of nitrogens with zero attached hydrogens (tertiary/aromatic N) is 4. The number of ether oxygens (including phenoxy) is 1. The first kappa shape index (κ1) is 20.4. The van der Waals surface area contributed by atoms with Gasteiger partial charge in [0.05, 0.1) is 35.7 Å². The lowest BCUT2D eigenvalue weighted by atomic mass is 10.0. The molecule has 7 heteroatoms. The second kappa shape index (κ2) is 9.30. The molecule has 1 aliphatic heterocycles. The highest BCUT2D eigenvalue weighted by atomic mass is 16.5. The van der Waals surface area contributed by atoms with Crippen LogP contribution in [-0.4, -0.2) is 70.7 Å². The van der Waals surface area contributed by atoms with Crippen LogP contribution in [0.4, 0.5) is 0 Å². The van der Waals surface area contributed by atoms with Gasteiger partial charge >= 0.3 is 0 Å². The van der Waals surface area contributed by atoms with E-state index in [1.807, 2.05) is 48.5 Å². The average molecular weight is 406 g/mol. The van der Waals surface area contributed by atoms with Crippen LogP contribution in [0.15, 0.2) is 54.7 Å². The molecule has 1 amide bonds. The summed E-state index contributed by atoms with van der Waals surface area (Å²) in [6.45, 7) is 3.06. The Morgan fingerprint density at radius 3 is 2.90 bits per heavy atom. The van der Waals surface area contributed by atoms with Crippen molar-refractivity contribution in [1.82, 2.24) is 19.8 Å². The number of morpholine rings is 1. The molecule has 7 nitrogen and oxygen atoms in total. The fourth-order valence-corrected chi connectivity index (χ4v) is 3.74. The summed E-state index contributed by atoms with van der Waals surface area (Å²) >= 11 is 0. The van der Waals surface area contributed by atoms with Crippen LogP contribution in [0.1, 0.15) is 27.8 Å². The van der Waals surface area contributed by atoms with Gasteiger partial charge in [-0.05, 0) is 24.3 Å². The number of amides is 1. The Labute approximate surface area is 175 Å². The number of aliphatic hydroxyl groups excluding tert-OH is 1. The van der Waals surface area contributed by atoms with Crippen LogP contribution >= 0.6 is 0 Å². The molecule has 0 bridgehead atoms. The van der Waals surface area contributed by atoms with Crippen LogP contribution < -0.4 is 0 Å². The van der Waals surface area contributed by atoms with E-state index in [1.54, 1.807) is 13.2 Å². The van der Waals surface area contributed by atoms with Gasteiger partial charge in [-0.15, -0.1) is 0 Å². The summed E-state index contributed by atoms with van der Waals surface area (Å²) in [7, 11) is 1.69. The molecular formula is C23H26N4O3. The van der Waals surface area contributed by atoms with E-state index in [1.165, 1.54) is 4.90 Å². The fraction of sp³-hybridized carbons (Fsp3) is 0.348. The maximum atomic E-state index is 13.0. The molecule has 30 heavy (non-hydrogen) atoms. The van der Waals surface area contributed by atoms with Gasteiger partial charge in [-0.1, -0.05) is 24.3 Å². The SMILES string of the molecule is CN(CCO)C(=O)c1cc([C@@H]2CN(Cc3ccccn3)CCO2)nc2ccccc12. The third-order valence-electron chi connectivity index (χ3n) is 5.34. The quantitative estimate of drug-likeness (QED) is 0.677. The van der Waals surface area contributed by atoms with Gasteiger partial charge in [-0.25, -0.2) is 4.98 Å². The van der Waals surface area contributed by atoms with E-state index in [-0.39, 0.29) is 25.2 Å². The average Bonchev–Trinajstić information content (AvgIpc) is 2.79. The third-order valence-corrected chi connectivity index (χ3v) is 5.34. The number of aliphatic hydroxyl groups is 1. The Hall–Kier alpha value is -2.87. The van der Waals surface area contributed by atoms with Crippen LogP contribution in [0.3, 0.4) is 0 Å². The van der Waals surface area contributed by atoms with Crippen molar-refractivity contribution in [1.29, 1.82) is 0 Å². The van der Waals surface area contributed by atoms with Crippen LogP contribution in [-0.2, 0) is 11.3 Å². The first-order valence-corrected chi connectivity index (χ1v) is 10.2. The first-order chi connectivity index (χ1) is 14.7. The van der Waals surface area contributed by atoms with Gasteiger partial charge in [-0.3, -0.25) is 14.7 Å². The zero-order chi connectivity index (χ0) is 20.9. The standard InChI is InChI=1S/C23H26N4O3/c1-26(10-12-28)23(29)19-14-21(25-20-8-3-2-7-18(19)20)22-16-27(11-13-30-22)15-17-6-4-5-9-24-17/h2-9,14,22,28H,10-13,15-16H2,1H3/t22-/m0/s1. The molecule has 0 spiro atoms. The van der Waals surface area contributed by atoms with Crippen molar-refractivity contribution in [2.24, 2.45) is 0 Å². The summed E-state index contributed by atoms with van der Waals surface area (Å²) in [4.78, 5) is 26.1. The second-order valence-electron chi connectivity index (χ2n) is 7.48. The monoisotopic (exact) mass is 406 g/mol. The Kier molecular flexibility index (Phi) is 6.32.